The summed E-state index contributed by atoms with van der Waals surface area (Å²) in [6.45, 7) is 5.85. The smallest absolute Gasteiger partial charge is 0.136 e. The van der Waals surface area contributed by atoms with Gasteiger partial charge in [0, 0.05) is 11.4 Å². The van der Waals surface area contributed by atoms with Gasteiger partial charge in [0.2, 0.25) is 0 Å². The van der Waals surface area contributed by atoms with E-state index in [2.05, 4.69) is 25.6 Å². The molecule has 1 heterocycles. The van der Waals surface area contributed by atoms with Gasteiger partial charge in [-0.15, -0.1) is 4.72 Å². The lowest BCUT2D eigenvalue weighted by molar-refractivity contribution is 0.534. The van der Waals surface area contributed by atoms with E-state index in [4.69, 9.17) is 0 Å². The third kappa shape index (κ3) is 4.54. The highest BCUT2D eigenvalue weighted by Crippen LogP contribution is 2.25. The summed E-state index contributed by atoms with van der Waals surface area (Å²) in [6.07, 6.45) is 0. The molecule has 0 fully saturated rings. The normalized spacial score (nSPS) is 14.7. The summed E-state index contributed by atoms with van der Waals surface area (Å²) in [6, 6.07) is 15.5. The third-order valence-corrected chi connectivity index (χ3v) is 4.95. The number of hydrogen-bond donors (Lipinski definition) is 1. The molecule has 0 aliphatic carbocycles. The van der Waals surface area contributed by atoms with E-state index in [1.54, 1.807) is 0 Å². The van der Waals surface area contributed by atoms with E-state index in [0.717, 1.165) is 15.9 Å². The van der Waals surface area contributed by atoms with E-state index < -0.39 is 11.4 Å². The lowest BCUT2D eigenvalue weighted by Gasteiger charge is -2.28. The van der Waals surface area contributed by atoms with Crippen LogP contribution in [0.5, 0.6) is 0 Å². The van der Waals surface area contributed by atoms with Crippen LogP contribution in [-0.2, 0) is 11.4 Å². The Labute approximate surface area is 137 Å². The maximum atomic E-state index is 12.5. The molecular formula is C16H19BrN2OS. The fourth-order valence-corrected chi connectivity index (χ4v) is 3.00. The van der Waals surface area contributed by atoms with Crippen LogP contribution in [-0.4, -0.2) is 14.3 Å². The van der Waals surface area contributed by atoms with E-state index in [0.29, 0.717) is 0 Å². The van der Waals surface area contributed by atoms with Gasteiger partial charge in [0.1, 0.15) is 15.4 Å². The molecule has 0 amide bonds. The van der Waals surface area contributed by atoms with Gasteiger partial charge in [0.15, 0.2) is 0 Å². The monoisotopic (exact) mass is 366 g/mol. The fraction of sp³-hybridized carbons (Fsp3) is 0.312. The van der Waals surface area contributed by atoms with Crippen molar-refractivity contribution in [3.63, 3.8) is 0 Å². The van der Waals surface area contributed by atoms with E-state index >= 15 is 0 Å². The first-order chi connectivity index (χ1) is 9.88. The van der Waals surface area contributed by atoms with Crippen molar-refractivity contribution in [2.24, 2.45) is 0 Å². The largest absolute Gasteiger partial charge is 0.598 e. The molecule has 1 unspecified atom stereocenters. The Balaban J connectivity index is 2.36. The predicted molar refractivity (Wildman–Crippen MR) is 91.3 cm³/mol. The van der Waals surface area contributed by atoms with E-state index in [-0.39, 0.29) is 10.8 Å². The average molecular weight is 367 g/mol. The summed E-state index contributed by atoms with van der Waals surface area (Å²) in [5, 5.41) is 0. The molecule has 1 aromatic heterocycles. The zero-order chi connectivity index (χ0) is 15.5. The van der Waals surface area contributed by atoms with Crippen LogP contribution in [0.4, 0.5) is 0 Å². The van der Waals surface area contributed by atoms with Crippen molar-refractivity contribution in [3.8, 4) is 0 Å². The van der Waals surface area contributed by atoms with Gasteiger partial charge in [-0.1, -0.05) is 36.4 Å². The molecule has 0 saturated carbocycles. The Morgan fingerprint density at radius 3 is 2.33 bits per heavy atom. The van der Waals surface area contributed by atoms with E-state index in [9.17, 15) is 4.55 Å². The first-order valence-electron chi connectivity index (χ1n) is 6.73. The molecule has 112 valence electrons. The molecule has 0 saturated heterocycles. The zero-order valence-electron chi connectivity index (χ0n) is 12.3. The second kappa shape index (κ2) is 6.92. The van der Waals surface area contributed by atoms with Gasteiger partial charge in [0.05, 0.1) is 5.69 Å². The van der Waals surface area contributed by atoms with E-state index in [1.165, 1.54) is 0 Å². The van der Waals surface area contributed by atoms with Crippen LogP contribution in [0.2, 0.25) is 0 Å². The number of hydrogen-bond acceptors (Lipinski definition) is 3. The Kier molecular flexibility index (Phi) is 5.43. The minimum absolute atomic E-state index is 0.205. The summed E-state index contributed by atoms with van der Waals surface area (Å²) in [5.41, 5.74) is 1.88. The van der Waals surface area contributed by atoms with Crippen molar-refractivity contribution in [2.45, 2.75) is 31.6 Å². The minimum atomic E-state index is -1.18. The molecule has 0 spiro atoms. The van der Waals surface area contributed by atoms with Crippen molar-refractivity contribution >= 4 is 27.3 Å². The van der Waals surface area contributed by atoms with Gasteiger partial charge in [-0.25, -0.2) is 4.98 Å². The molecule has 2 rings (SSSR count). The summed E-state index contributed by atoms with van der Waals surface area (Å²) < 4.78 is 16.1. The van der Waals surface area contributed by atoms with E-state index in [1.807, 2.05) is 69.3 Å². The highest BCUT2D eigenvalue weighted by atomic mass is 79.9. The van der Waals surface area contributed by atoms with Gasteiger partial charge in [-0.05, 0) is 54.4 Å². The zero-order valence-corrected chi connectivity index (χ0v) is 14.7. The minimum Gasteiger partial charge on any atom is -0.598 e. The standard InChI is InChI=1S/C16H19BrN2OS/c1-16(2,3)21(20)19-15(12-8-5-4-6-9-12)13-10-7-11-14(17)18-13/h4-11,15,19H,1-3H3/t15-,21?/m0/s1. The number of aromatic nitrogens is 1. The summed E-state index contributed by atoms with van der Waals surface area (Å²) in [4.78, 5) is 4.50. The molecule has 0 bridgehead atoms. The fourth-order valence-electron chi connectivity index (χ4n) is 1.81. The summed E-state index contributed by atoms with van der Waals surface area (Å²) in [7, 11) is 0. The van der Waals surface area contributed by atoms with Crippen LogP contribution in [0.15, 0.2) is 53.1 Å². The number of pyridine rings is 1. The van der Waals surface area contributed by atoms with Gasteiger partial charge in [-0.2, -0.15) is 0 Å². The molecule has 1 N–H and O–H groups in total. The molecule has 3 nitrogen and oxygen atoms in total. The molecule has 5 heteroatoms. The molecule has 1 aromatic carbocycles. The maximum Gasteiger partial charge on any atom is 0.136 e. The summed E-state index contributed by atoms with van der Waals surface area (Å²) in [5.74, 6) is 0. The molecule has 21 heavy (non-hydrogen) atoms. The predicted octanol–water partition coefficient (Wildman–Crippen LogP) is 3.99. The lowest BCUT2D eigenvalue weighted by atomic mass is 10.0. The molecule has 2 aromatic rings. The van der Waals surface area contributed by atoms with Crippen LogP contribution in [0.3, 0.4) is 0 Å². The SMILES string of the molecule is CC(C)(C)[S+]([O-])N[C@@H](c1ccccc1)c1cccc(Br)n1. The van der Waals surface area contributed by atoms with Crippen molar-refractivity contribution in [1.82, 2.24) is 9.71 Å². The highest BCUT2D eigenvalue weighted by molar-refractivity contribution is 9.10. The van der Waals surface area contributed by atoms with Gasteiger partial charge in [0.25, 0.3) is 0 Å². The topological polar surface area (TPSA) is 48.0 Å². The van der Waals surface area contributed by atoms with Crippen molar-refractivity contribution in [3.05, 3.63) is 64.4 Å². The van der Waals surface area contributed by atoms with Gasteiger partial charge in [-0.3, -0.25) is 0 Å². The highest BCUT2D eigenvalue weighted by Gasteiger charge is 2.31. The molecule has 0 radical (unpaired) electrons. The van der Waals surface area contributed by atoms with Gasteiger partial charge >= 0.3 is 0 Å². The van der Waals surface area contributed by atoms with Crippen LogP contribution >= 0.6 is 15.9 Å². The first-order valence-corrected chi connectivity index (χ1v) is 8.67. The molecule has 0 aliphatic heterocycles. The van der Waals surface area contributed by atoms with Crippen LogP contribution in [0.1, 0.15) is 38.1 Å². The second-order valence-corrected chi connectivity index (χ2v) is 8.54. The van der Waals surface area contributed by atoms with Crippen LogP contribution in [0.25, 0.3) is 0 Å². The quantitative estimate of drug-likeness (QED) is 0.657. The van der Waals surface area contributed by atoms with Crippen molar-refractivity contribution in [2.75, 3.05) is 0 Å². The maximum absolute atomic E-state index is 12.5. The second-order valence-electron chi connectivity index (χ2n) is 5.73. The van der Waals surface area contributed by atoms with Crippen LogP contribution < -0.4 is 4.72 Å². The van der Waals surface area contributed by atoms with Crippen LogP contribution in [0, 0.1) is 0 Å². The Morgan fingerprint density at radius 2 is 1.76 bits per heavy atom. The third-order valence-electron chi connectivity index (χ3n) is 2.95. The number of halogens is 1. The van der Waals surface area contributed by atoms with Crippen molar-refractivity contribution in [1.29, 1.82) is 0 Å². The number of rotatable bonds is 4. The molecule has 0 aliphatic rings. The number of nitrogens with zero attached hydrogens (tertiary/aromatic N) is 1. The molecule has 2 atom stereocenters. The Morgan fingerprint density at radius 1 is 1.10 bits per heavy atom. The van der Waals surface area contributed by atoms with Gasteiger partial charge < -0.3 is 4.55 Å². The lowest BCUT2D eigenvalue weighted by Crippen LogP contribution is -2.41. The number of nitrogens with one attached hydrogen (secondary N) is 1. The first kappa shape index (κ1) is 16.5. The summed E-state index contributed by atoms with van der Waals surface area (Å²) >= 11 is 2.21. The number of benzene rings is 1. The average Bonchev–Trinajstić information content (AvgIpc) is 2.44. The Bertz CT molecular complexity index is 586. The molecular weight excluding hydrogens is 348 g/mol. The van der Waals surface area contributed by atoms with Crippen molar-refractivity contribution < 1.29 is 4.55 Å². The Hall–Kier alpha value is -0.880.